The second-order valence-electron chi connectivity index (χ2n) is 7.62. The third-order valence-electron chi connectivity index (χ3n) is 5.63. The van der Waals surface area contributed by atoms with Crippen LogP contribution < -0.4 is 9.64 Å². The Balaban J connectivity index is 1.37. The number of hydrogen-bond donors (Lipinski definition) is 1. The van der Waals surface area contributed by atoms with Gasteiger partial charge in [-0.25, -0.2) is 14.5 Å². The van der Waals surface area contributed by atoms with E-state index in [-0.39, 0.29) is 0 Å². The summed E-state index contributed by atoms with van der Waals surface area (Å²) in [6.07, 6.45) is 2.84. The van der Waals surface area contributed by atoms with Crippen LogP contribution in [0.1, 0.15) is 16.3 Å². The molecule has 0 saturated heterocycles. The molecule has 0 bridgehead atoms. The van der Waals surface area contributed by atoms with Gasteiger partial charge in [0.1, 0.15) is 30.1 Å². The lowest BCUT2D eigenvalue weighted by molar-refractivity contribution is -0.895. The molecule has 4 heterocycles. The number of likely N-dealkylation sites (N-methyl/N-ethyl adjacent to an activating group) is 1. The lowest BCUT2D eigenvalue weighted by Crippen LogP contribution is -3.08. The zero-order chi connectivity index (χ0) is 19.4. The van der Waals surface area contributed by atoms with Gasteiger partial charge in [-0.05, 0) is 17.0 Å². The standard InChI is InChI=1S/C22H19N5OS/c1-26-10-9-16-18(11-26)29-22-20(16)21-24-19(25-27(21)13-23-22)12-28-17-8-4-6-14-5-2-3-7-15(14)17/h2-8,13H,9-12H2,1H3/p+1. The van der Waals surface area contributed by atoms with Crippen LogP contribution in [0.4, 0.5) is 0 Å². The third kappa shape index (κ3) is 2.77. The van der Waals surface area contributed by atoms with E-state index in [0.29, 0.717) is 12.4 Å². The van der Waals surface area contributed by atoms with Gasteiger partial charge in [0, 0.05) is 11.8 Å². The minimum absolute atomic E-state index is 0.330. The van der Waals surface area contributed by atoms with Crippen molar-refractivity contribution in [3.05, 3.63) is 65.1 Å². The predicted molar refractivity (Wildman–Crippen MR) is 114 cm³/mol. The molecule has 0 saturated carbocycles. The van der Waals surface area contributed by atoms with E-state index in [1.807, 2.05) is 24.3 Å². The van der Waals surface area contributed by atoms with Crippen molar-refractivity contribution < 1.29 is 9.64 Å². The SMILES string of the molecule is C[NH+]1CCc2c(sc3ncn4nc(COc5cccc6ccccc56)nc4c23)C1. The molecule has 6 rings (SSSR count). The molecule has 1 aliphatic rings. The largest absolute Gasteiger partial charge is 0.485 e. The first-order chi connectivity index (χ1) is 14.3. The van der Waals surface area contributed by atoms with Crippen LogP contribution in [0.5, 0.6) is 5.75 Å². The highest BCUT2D eigenvalue weighted by atomic mass is 32.1. The molecule has 1 aliphatic heterocycles. The molecule has 0 radical (unpaired) electrons. The van der Waals surface area contributed by atoms with Crippen LogP contribution >= 0.6 is 11.3 Å². The number of quaternary nitrogens is 1. The van der Waals surface area contributed by atoms with Crippen LogP contribution in [0.25, 0.3) is 26.6 Å². The molecular formula is C22H20N5OS+. The summed E-state index contributed by atoms with van der Waals surface area (Å²) in [4.78, 5) is 13.5. The molecule has 144 valence electrons. The van der Waals surface area contributed by atoms with Crippen LogP contribution in [-0.2, 0) is 19.6 Å². The van der Waals surface area contributed by atoms with E-state index in [9.17, 15) is 0 Å². The fourth-order valence-corrected chi connectivity index (χ4v) is 5.47. The van der Waals surface area contributed by atoms with Gasteiger partial charge in [-0.15, -0.1) is 16.4 Å². The van der Waals surface area contributed by atoms with Crippen molar-refractivity contribution in [2.75, 3.05) is 13.6 Å². The zero-order valence-corrected chi connectivity index (χ0v) is 16.9. The summed E-state index contributed by atoms with van der Waals surface area (Å²) in [5.74, 6) is 1.52. The van der Waals surface area contributed by atoms with E-state index in [1.165, 1.54) is 15.8 Å². The fraction of sp³-hybridized carbons (Fsp3) is 0.227. The Bertz CT molecular complexity index is 1370. The number of hydrogen-bond acceptors (Lipinski definition) is 5. The number of nitrogens with zero attached hydrogens (tertiary/aromatic N) is 4. The van der Waals surface area contributed by atoms with Gasteiger partial charge >= 0.3 is 0 Å². The molecule has 6 nitrogen and oxygen atoms in total. The highest BCUT2D eigenvalue weighted by Crippen LogP contribution is 2.33. The molecule has 3 aromatic heterocycles. The second-order valence-corrected chi connectivity index (χ2v) is 8.71. The first-order valence-corrected chi connectivity index (χ1v) is 10.6. The van der Waals surface area contributed by atoms with E-state index in [1.54, 1.807) is 27.1 Å². The molecule has 7 heteroatoms. The minimum atomic E-state index is 0.330. The maximum absolute atomic E-state index is 6.10. The molecule has 1 N–H and O–H groups in total. The highest BCUT2D eigenvalue weighted by Gasteiger charge is 2.24. The first kappa shape index (κ1) is 16.9. The lowest BCUT2D eigenvalue weighted by Gasteiger charge is -2.19. The minimum Gasteiger partial charge on any atom is -0.485 e. The summed E-state index contributed by atoms with van der Waals surface area (Å²) >= 11 is 1.79. The van der Waals surface area contributed by atoms with Crippen molar-refractivity contribution in [3.63, 3.8) is 0 Å². The summed E-state index contributed by atoms with van der Waals surface area (Å²) < 4.78 is 7.89. The zero-order valence-electron chi connectivity index (χ0n) is 16.1. The molecule has 2 aromatic carbocycles. The van der Waals surface area contributed by atoms with Crippen LogP contribution in [0, 0.1) is 0 Å². The summed E-state index contributed by atoms with van der Waals surface area (Å²) in [7, 11) is 2.25. The van der Waals surface area contributed by atoms with Gasteiger partial charge in [0.25, 0.3) is 0 Å². The van der Waals surface area contributed by atoms with Crippen molar-refractivity contribution in [2.45, 2.75) is 19.6 Å². The molecule has 0 fully saturated rings. The van der Waals surface area contributed by atoms with Crippen LogP contribution in [0.15, 0.2) is 48.8 Å². The Morgan fingerprint density at radius 1 is 1.17 bits per heavy atom. The number of ether oxygens (including phenoxy) is 1. The molecule has 0 spiro atoms. The van der Waals surface area contributed by atoms with Gasteiger partial charge in [0.2, 0.25) is 0 Å². The molecule has 1 unspecified atom stereocenters. The van der Waals surface area contributed by atoms with Crippen LogP contribution in [0.2, 0.25) is 0 Å². The fourth-order valence-electron chi connectivity index (χ4n) is 4.18. The van der Waals surface area contributed by atoms with Gasteiger partial charge in [-0.2, -0.15) is 0 Å². The van der Waals surface area contributed by atoms with Gasteiger partial charge < -0.3 is 9.64 Å². The summed E-state index contributed by atoms with van der Waals surface area (Å²) in [5.41, 5.74) is 2.30. The van der Waals surface area contributed by atoms with E-state index < -0.39 is 0 Å². The van der Waals surface area contributed by atoms with Crippen LogP contribution in [0.3, 0.4) is 0 Å². The predicted octanol–water partition coefficient (Wildman–Crippen LogP) is 2.64. The van der Waals surface area contributed by atoms with E-state index in [2.05, 4.69) is 35.3 Å². The Labute approximate surface area is 171 Å². The maximum Gasteiger partial charge on any atom is 0.189 e. The number of aromatic nitrogens is 4. The van der Waals surface area contributed by atoms with E-state index in [4.69, 9.17) is 9.72 Å². The van der Waals surface area contributed by atoms with E-state index >= 15 is 0 Å². The Morgan fingerprint density at radius 3 is 3.03 bits per heavy atom. The summed E-state index contributed by atoms with van der Waals surface area (Å²) in [6, 6.07) is 14.3. The normalized spacial score (nSPS) is 16.5. The number of thiophene rings is 1. The molecule has 29 heavy (non-hydrogen) atoms. The average molecular weight is 403 g/mol. The quantitative estimate of drug-likeness (QED) is 0.504. The number of fused-ring (bicyclic) bond motifs is 6. The Kier molecular flexibility index (Phi) is 3.79. The van der Waals surface area contributed by atoms with Crippen molar-refractivity contribution in [1.82, 2.24) is 19.6 Å². The van der Waals surface area contributed by atoms with Gasteiger partial charge in [0.05, 0.1) is 23.9 Å². The maximum atomic E-state index is 6.10. The molecule has 5 aromatic rings. The highest BCUT2D eigenvalue weighted by molar-refractivity contribution is 7.19. The second kappa shape index (κ2) is 6.50. The smallest absolute Gasteiger partial charge is 0.189 e. The number of rotatable bonds is 3. The molecular weight excluding hydrogens is 382 g/mol. The number of nitrogens with one attached hydrogen (secondary N) is 1. The third-order valence-corrected chi connectivity index (χ3v) is 6.77. The van der Waals surface area contributed by atoms with Crippen molar-refractivity contribution >= 4 is 38.0 Å². The summed E-state index contributed by atoms with van der Waals surface area (Å²) in [6.45, 7) is 2.54. The first-order valence-electron chi connectivity index (χ1n) is 9.82. The topological polar surface area (TPSA) is 56.8 Å². The Hall–Kier alpha value is -3.03. The Morgan fingerprint density at radius 2 is 2.07 bits per heavy atom. The average Bonchev–Trinajstić information content (AvgIpc) is 3.32. The van der Waals surface area contributed by atoms with Gasteiger partial charge in [-0.1, -0.05) is 36.4 Å². The van der Waals surface area contributed by atoms with Crippen molar-refractivity contribution in [1.29, 1.82) is 0 Å². The molecule has 1 atom stereocenters. The number of benzene rings is 2. The van der Waals surface area contributed by atoms with E-state index in [0.717, 1.165) is 46.5 Å². The van der Waals surface area contributed by atoms with Gasteiger partial charge in [-0.3, -0.25) is 0 Å². The lowest BCUT2D eigenvalue weighted by atomic mass is 10.1. The monoisotopic (exact) mass is 402 g/mol. The van der Waals surface area contributed by atoms with Crippen LogP contribution in [-0.4, -0.2) is 33.2 Å². The summed E-state index contributed by atoms with van der Waals surface area (Å²) in [5, 5.41) is 8.05. The molecule has 0 amide bonds. The van der Waals surface area contributed by atoms with Gasteiger partial charge in [0.15, 0.2) is 11.5 Å². The van der Waals surface area contributed by atoms with Crippen molar-refractivity contribution in [3.8, 4) is 5.75 Å². The molecule has 0 aliphatic carbocycles. The van der Waals surface area contributed by atoms with Crippen molar-refractivity contribution in [2.24, 2.45) is 0 Å².